The molecular weight excluding hydrogens is 360 g/mol. The Kier molecular flexibility index (Phi) is 6.21. The van der Waals surface area contributed by atoms with Crippen LogP contribution in [-0.2, 0) is 4.79 Å². The summed E-state index contributed by atoms with van der Waals surface area (Å²) < 4.78 is 2.31. The Morgan fingerprint density at radius 2 is 2.00 bits per heavy atom. The van der Waals surface area contributed by atoms with Crippen LogP contribution in [0.4, 0.5) is 5.69 Å². The van der Waals surface area contributed by atoms with E-state index >= 15 is 0 Å². The van der Waals surface area contributed by atoms with Crippen LogP contribution >= 0.6 is 11.8 Å². The third-order valence-corrected chi connectivity index (χ3v) is 5.96. The predicted octanol–water partition coefficient (Wildman–Crippen LogP) is 3.71. The van der Waals surface area contributed by atoms with Crippen molar-refractivity contribution in [3.63, 3.8) is 0 Å². The molecule has 1 aliphatic rings. The van der Waals surface area contributed by atoms with Crippen molar-refractivity contribution in [2.75, 3.05) is 18.1 Å². The Balaban J connectivity index is 1.65. The van der Waals surface area contributed by atoms with Gasteiger partial charge in [-0.25, -0.2) is 4.98 Å². The van der Waals surface area contributed by atoms with Crippen LogP contribution in [0.15, 0.2) is 29.4 Å². The van der Waals surface area contributed by atoms with Gasteiger partial charge in [0.1, 0.15) is 0 Å². The molecule has 1 aromatic carbocycles. The van der Waals surface area contributed by atoms with Crippen molar-refractivity contribution in [2.45, 2.75) is 50.7 Å². The Morgan fingerprint density at radius 1 is 1.26 bits per heavy atom. The lowest BCUT2D eigenvalue weighted by Gasteiger charge is -2.17. The zero-order valence-electron chi connectivity index (χ0n) is 16.0. The highest BCUT2D eigenvalue weighted by molar-refractivity contribution is 7.99. The quantitative estimate of drug-likeness (QED) is 0.742. The molecular formula is C20H26N4O2S. The first-order valence-corrected chi connectivity index (χ1v) is 10.3. The molecule has 0 saturated heterocycles. The van der Waals surface area contributed by atoms with Gasteiger partial charge in [-0.1, -0.05) is 30.7 Å². The minimum atomic E-state index is -0.176. The number of benzene rings is 1. The van der Waals surface area contributed by atoms with Crippen molar-refractivity contribution in [3.8, 4) is 0 Å². The van der Waals surface area contributed by atoms with Crippen LogP contribution in [0.25, 0.3) is 0 Å². The average Bonchev–Trinajstić information content (AvgIpc) is 3.28. The summed E-state index contributed by atoms with van der Waals surface area (Å²) in [4.78, 5) is 28.8. The summed E-state index contributed by atoms with van der Waals surface area (Å²) in [6, 6.07) is 7.43. The molecule has 0 bridgehead atoms. The van der Waals surface area contributed by atoms with Crippen LogP contribution in [0.2, 0.25) is 0 Å². The molecule has 6 nitrogen and oxygen atoms in total. The first-order chi connectivity index (χ1) is 13.0. The number of carbonyl (C=O) groups is 2. The second-order valence-corrected chi connectivity index (χ2v) is 7.81. The standard InChI is InChI=1S/C20H26N4O2S/c1-13-14(2)24(17-9-4-5-10-17)20(22-13)27-12-18(25)23-16-8-6-7-15(11-16)19(26)21-3/h6-8,11,17H,4-5,9-10,12H2,1-3H3,(H,21,26)(H,23,25). The lowest BCUT2D eigenvalue weighted by molar-refractivity contribution is -0.113. The zero-order chi connectivity index (χ0) is 19.4. The van der Waals surface area contributed by atoms with E-state index in [1.165, 1.54) is 43.1 Å². The average molecular weight is 387 g/mol. The van der Waals surface area contributed by atoms with E-state index in [1.54, 1.807) is 31.3 Å². The van der Waals surface area contributed by atoms with Gasteiger partial charge >= 0.3 is 0 Å². The first-order valence-electron chi connectivity index (χ1n) is 9.30. The molecule has 144 valence electrons. The fourth-order valence-corrected chi connectivity index (χ4v) is 4.46. The molecule has 7 heteroatoms. The van der Waals surface area contributed by atoms with Gasteiger partial charge in [-0.2, -0.15) is 0 Å². The fourth-order valence-electron chi connectivity index (χ4n) is 3.50. The van der Waals surface area contributed by atoms with Crippen molar-refractivity contribution < 1.29 is 9.59 Å². The van der Waals surface area contributed by atoms with Crippen molar-refractivity contribution in [1.29, 1.82) is 0 Å². The maximum Gasteiger partial charge on any atom is 0.251 e. The molecule has 1 aromatic heterocycles. The molecule has 2 N–H and O–H groups in total. The number of aryl methyl sites for hydroxylation is 1. The summed E-state index contributed by atoms with van der Waals surface area (Å²) in [6.45, 7) is 4.13. The third kappa shape index (κ3) is 4.53. The molecule has 3 rings (SSSR count). The van der Waals surface area contributed by atoms with Gasteiger partial charge in [0.15, 0.2) is 5.16 Å². The van der Waals surface area contributed by atoms with E-state index in [0.29, 0.717) is 17.3 Å². The number of rotatable bonds is 6. The molecule has 0 radical (unpaired) electrons. The summed E-state index contributed by atoms with van der Waals surface area (Å²) in [7, 11) is 1.58. The Bertz CT molecular complexity index is 841. The van der Waals surface area contributed by atoms with E-state index in [2.05, 4.69) is 27.1 Å². The number of carbonyl (C=O) groups excluding carboxylic acids is 2. The monoisotopic (exact) mass is 386 g/mol. The molecule has 1 fully saturated rings. The number of nitrogens with zero attached hydrogens (tertiary/aromatic N) is 2. The van der Waals surface area contributed by atoms with Gasteiger partial charge in [0, 0.05) is 30.0 Å². The van der Waals surface area contributed by atoms with Crippen molar-refractivity contribution in [2.24, 2.45) is 0 Å². The minimum Gasteiger partial charge on any atom is -0.355 e. The maximum absolute atomic E-state index is 12.4. The maximum atomic E-state index is 12.4. The molecule has 0 atom stereocenters. The zero-order valence-corrected chi connectivity index (χ0v) is 16.9. The fraction of sp³-hybridized carbons (Fsp3) is 0.450. The second-order valence-electron chi connectivity index (χ2n) is 6.87. The van der Waals surface area contributed by atoms with Crippen LogP contribution in [0.5, 0.6) is 0 Å². The molecule has 0 aliphatic heterocycles. The number of anilines is 1. The summed E-state index contributed by atoms with van der Waals surface area (Å²) in [6.07, 6.45) is 4.88. The number of hydrogen-bond donors (Lipinski definition) is 2. The Hall–Kier alpha value is -2.28. The molecule has 0 unspecified atom stereocenters. The van der Waals surface area contributed by atoms with E-state index in [-0.39, 0.29) is 17.6 Å². The molecule has 1 saturated carbocycles. The highest BCUT2D eigenvalue weighted by atomic mass is 32.2. The highest BCUT2D eigenvalue weighted by Crippen LogP contribution is 2.35. The summed E-state index contributed by atoms with van der Waals surface area (Å²) >= 11 is 1.47. The van der Waals surface area contributed by atoms with Crippen molar-refractivity contribution >= 4 is 29.3 Å². The molecule has 27 heavy (non-hydrogen) atoms. The van der Waals surface area contributed by atoms with E-state index < -0.39 is 0 Å². The van der Waals surface area contributed by atoms with Crippen LogP contribution in [-0.4, -0.2) is 34.2 Å². The van der Waals surface area contributed by atoms with Gasteiger partial charge < -0.3 is 15.2 Å². The normalized spacial score (nSPS) is 14.3. The molecule has 1 aliphatic carbocycles. The van der Waals surface area contributed by atoms with E-state index in [9.17, 15) is 9.59 Å². The van der Waals surface area contributed by atoms with Crippen LogP contribution in [0.3, 0.4) is 0 Å². The molecule has 1 heterocycles. The highest BCUT2D eigenvalue weighted by Gasteiger charge is 2.23. The van der Waals surface area contributed by atoms with E-state index in [1.807, 2.05) is 6.92 Å². The second kappa shape index (κ2) is 8.61. The summed E-state index contributed by atoms with van der Waals surface area (Å²) in [5.41, 5.74) is 3.37. The lowest BCUT2D eigenvalue weighted by Crippen LogP contribution is -2.19. The SMILES string of the molecule is CNC(=O)c1cccc(NC(=O)CSc2nc(C)c(C)n2C2CCCC2)c1. The molecule has 0 spiro atoms. The largest absolute Gasteiger partial charge is 0.355 e. The Morgan fingerprint density at radius 3 is 2.70 bits per heavy atom. The van der Waals surface area contributed by atoms with Crippen LogP contribution in [0.1, 0.15) is 53.5 Å². The minimum absolute atomic E-state index is 0.106. The van der Waals surface area contributed by atoms with Gasteiger partial charge in [0.05, 0.1) is 11.4 Å². The van der Waals surface area contributed by atoms with Gasteiger partial charge in [-0.05, 0) is 44.9 Å². The number of aromatic nitrogens is 2. The predicted molar refractivity (Wildman–Crippen MR) is 108 cm³/mol. The van der Waals surface area contributed by atoms with E-state index in [4.69, 9.17) is 0 Å². The number of imidazole rings is 1. The summed E-state index contributed by atoms with van der Waals surface area (Å²) in [5.74, 6) is 0.00246. The number of amides is 2. The first kappa shape index (κ1) is 19.5. The third-order valence-electron chi connectivity index (χ3n) is 5.01. The van der Waals surface area contributed by atoms with Gasteiger partial charge in [-0.3, -0.25) is 9.59 Å². The Labute approximate surface area is 164 Å². The number of nitrogens with one attached hydrogen (secondary N) is 2. The van der Waals surface area contributed by atoms with Gasteiger partial charge in [-0.15, -0.1) is 0 Å². The number of hydrogen-bond acceptors (Lipinski definition) is 4. The molecule has 2 amide bonds. The van der Waals surface area contributed by atoms with Crippen LogP contribution < -0.4 is 10.6 Å². The summed E-state index contributed by atoms with van der Waals surface area (Å²) in [5, 5.41) is 6.37. The lowest BCUT2D eigenvalue weighted by atomic mass is 10.2. The van der Waals surface area contributed by atoms with Crippen molar-refractivity contribution in [1.82, 2.24) is 14.9 Å². The number of thioether (sulfide) groups is 1. The van der Waals surface area contributed by atoms with Gasteiger partial charge in [0.2, 0.25) is 5.91 Å². The van der Waals surface area contributed by atoms with Gasteiger partial charge in [0.25, 0.3) is 5.91 Å². The van der Waals surface area contributed by atoms with E-state index in [0.717, 1.165) is 10.9 Å². The van der Waals surface area contributed by atoms with Crippen LogP contribution in [0, 0.1) is 13.8 Å². The van der Waals surface area contributed by atoms with Crippen molar-refractivity contribution in [3.05, 3.63) is 41.2 Å². The smallest absolute Gasteiger partial charge is 0.251 e. The topological polar surface area (TPSA) is 76.0 Å². The molecule has 2 aromatic rings.